The van der Waals surface area contributed by atoms with Gasteiger partial charge in [0, 0.05) is 12.0 Å². The molecule has 7 nitrogen and oxygen atoms in total. The highest BCUT2D eigenvalue weighted by atomic mass is 16.7. The number of amides is 1. The molecular formula is C22H37N3O4. The van der Waals surface area contributed by atoms with Crippen LogP contribution < -0.4 is 16.1 Å². The fourth-order valence-electron chi connectivity index (χ4n) is 6.24. The Balaban J connectivity index is 1.27. The Hall–Kier alpha value is -1.18. The Morgan fingerprint density at radius 1 is 1.03 bits per heavy atom. The number of nitrogens with one attached hydrogen (secondary N) is 3. The summed E-state index contributed by atoms with van der Waals surface area (Å²) in [6.07, 6.45) is 10.5. The molecule has 164 valence electrons. The molecule has 3 saturated carbocycles. The van der Waals surface area contributed by atoms with E-state index in [0.29, 0.717) is 30.2 Å². The SMILES string of the molecule is CCC1NC(C2CCC3C(CC[C@H]3NC(=O)C3CCCC(C(=O)OC)C3)C2)NO1. The average Bonchev–Trinajstić information content (AvgIpc) is 3.40. The highest BCUT2D eigenvalue weighted by Gasteiger charge is 2.44. The minimum atomic E-state index is -0.162. The molecule has 7 unspecified atom stereocenters. The first-order valence-corrected chi connectivity index (χ1v) is 11.6. The zero-order chi connectivity index (χ0) is 20.4. The lowest BCUT2D eigenvalue weighted by Gasteiger charge is -2.37. The molecule has 1 aliphatic heterocycles. The Morgan fingerprint density at radius 2 is 1.83 bits per heavy atom. The van der Waals surface area contributed by atoms with Gasteiger partial charge in [-0.1, -0.05) is 13.3 Å². The lowest BCUT2D eigenvalue weighted by Crippen LogP contribution is -2.47. The van der Waals surface area contributed by atoms with Crippen molar-refractivity contribution in [1.29, 1.82) is 0 Å². The van der Waals surface area contributed by atoms with Crippen molar-refractivity contribution < 1.29 is 19.2 Å². The van der Waals surface area contributed by atoms with Crippen LogP contribution in [0, 0.1) is 29.6 Å². The number of carbonyl (C=O) groups is 2. The van der Waals surface area contributed by atoms with Crippen molar-refractivity contribution in [2.45, 2.75) is 89.6 Å². The van der Waals surface area contributed by atoms with Crippen LogP contribution in [-0.4, -0.2) is 37.4 Å². The van der Waals surface area contributed by atoms with E-state index in [0.717, 1.165) is 32.1 Å². The van der Waals surface area contributed by atoms with Gasteiger partial charge in [-0.2, -0.15) is 5.48 Å². The second-order valence-electron chi connectivity index (χ2n) is 9.55. The molecule has 1 heterocycles. The summed E-state index contributed by atoms with van der Waals surface area (Å²) < 4.78 is 4.90. The van der Waals surface area contributed by atoms with Gasteiger partial charge in [0.1, 0.15) is 6.23 Å². The first-order valence-electron chi connectivity index (χ1n) is 11.6. The van der Waals surface area contributed by atoms with Crippen LogP contribution in [0.4, 0.5) is 0 Å². The number of fused-ring (bicyclic) bond motifs is 1. The summed E-state index contributed by atoms with van der Waals surface area (Å²) in [5.74, 6) is 1.73. The van der Waals surface area contributed by atoms with E-state index >= 15 is 0 Å². The first-order chi connectivity index (χ1) is 14.1. The van der Waals surface area contributed by atoms with Crippen molar-refractivity contribution in [3.05, 3.63) is 0 Å². The maximum atomic E-state index is 12.9. The van der Waals surface area contributed by atoms with E-state index in [-0.39, 0.29) is 36.1 Å². The van der Waals surface area contributed by atoms with E-state index in [1.54, 1.807) is 0 Å². The van der Waals surface area contributed by atoms with Crippen LogP contribution in [0.15, 0.2) is 0 Å². The first kappa shape index (κ1) is 21.1. The predicted molar refractivity (Wildman–Crippen MR) is 108 cm³/mol. The number of esters is 1. The van der Waals surface area contributed by atoms with Crippen LogP contribution in [0.1, 0.15) is 71.1 Å². The third kappa shape index (κ3) is 4.62. The Kier molecular flexibility index (Phi) is 6.76. The van der Waals surface area contributed by atoms with Gasteiger partial charge < -0.3 is 10.1 Å². The molecule has 7 heteroatoms. The van der Waals surface area contributed by atoms with Crippen LogP contribution in [0.3, 0.4) is 0 Å². The zero-order valence-corrected chi connectivity index (χ0v) is 17.8. The number of ether oxygens (including phenoxy) is 1. The van der Waals surface area contributed by atoms with Gasteiger partial charge in [0.2, 0.25) is 5.91 Å². The van der Waals surface area contributed by atoms with E-state index in [9.17, 15) is 9.59 Å². The quantitative estimate of drug-likeness (QED) is 0.607. The third-order valence-electron chi connectivity index (χ3n) is 7.90. The smallest absolute Gasteiger partial charge is 0.308 e. The van der Waals surface area contributed by atoms with E-state index in [4.69, 9.17) is 9.57 Å². The fourth-order valence-corrected chi connectivity index (χ4v) is 6.24. The normalized spacial score (nSPS) is 42.3. The monoisotopic (exact) mass is 407 g/mol. The lowest BCUT2D eigenvalue weighted by molar-refractivity contribution is -0.147. The van der Waals surface area contributed by atoms with E-state index in [1.807, 2.05) is 0 Å². The summed E-state index contributed by atoms with van der Waals surface area (Å²) in [5.41, 5.74) is 3.19. The third-order valence-corrected chi connectivity index (χ3v) is 7.90. The molecular weight excluding hydrogens is 370 g/mol. The van der Waals surface area contributed by atoms with Crippen molar-refractivity contribution in [2.24, 2.45) is 29.6 Å². The van der Waals surface area contributed by atoms with Crippen molar-refractivity contribution in [1.82, 2.24) is 16.1 Å². The van der Waals surface area contributed by atoms with Gasteiger partial charge in [-0.15, -0.1) is 0 Å². The molecule has 3 aliphatic carbocycles. The maximum Gasteiger partial charge on any atom is 0.308 e. The summed E-state index contributed by atoms with van der Waals surface area (Å²) in [5, 5.41) is 6.93. The molecule has 0 bridgehead atoms. The molecule has 1 amide bonds. The highest BCUT2D eigenvalue weighted by molar-refractivity contribution is 5.80. The molecule has 8 atom stereocenters. The Bertz CT molecular complexity index is 601. The Morgan fingerprint density at radius 3 is 2.59 bits per heavy atom. The zero-order valence-electron chi connectivity index (χ0n) is 17.8. The van der Waals surface area contributed by atoms with Gasteiger partial charge in [-0.25, -0.2) is 0 Å². The van der Waals surface area contributed by atoms with Gasteiger partial charge in [0.05, 0.1) is 19.2 Å². The molecule has 3 N–H and O–H groups in total. The van der Waals surface area contributed by atoms with Crippen molar-refractivity contribution >= 4 is 11.9 Å². The van der Waals surface area contributed by atoms with Crippen LogP contribution in [-0.2, 0) is 19.2 Å². The summed E-state index contributed by atoms with van der Waals surface area (Å²) in [6, 6.07) is 0.302. The molecule has 0 aromatic carbocycles. The molecule has 4 aliphatic rings. The molecule has 4 fully saturated rings. The summed E-state index contributed by atoms with van der Waals surface area (Å²) >= 11 is 0. The largest absolute Gasteiger partial charge is 0.469 e. The van der Waals surface area contributed by atoms with Crippen molar-refractivity contribution in [2.75, 3.05) is 7.11 Å². The Labute approximate surface area is 174 Å². The van der Waals surface area contributed by atoms with Crippen LogP contribution in [0.25, 0.3) is 0 Å². The van der Waals surface area contributed by atoms with E-state index in [2.05, 4.69) is 23.0 Å². The average molecular weight is 408 g/mol. The molecule has 0 radical (unpaired) electrons. The number of hydrogen-bond donors (Lipinski definition) is 3. The number of methoxy groups -OCH3 is 1. The predicted octanol–water partition coefficient (Wildman–Crippen LogP) is 2.46. The minimum Gasteiger partial charge on any atom is -0.469 e. The standard InChI is InChI=1S/C22H37N3O4/c1-3-19-24-20(25-29-19)14-7-9-17-13(11-14)8-10-18(17)23-21(26)15-5-4-6-16(12-15)22(27)28-2/h13-20,24-25H,3-12H2,1-2H3,(H,23,26)/t13?,14?,15?,16?,17?,18-,19?,20?/m1/s1. The van der Waals surface area contributed by atoms with E-state index < -0.39 is 0 Å². The van der Waals surface area contributed by atoms with Crippen LogP contribution in [0.2, 0.25) is 0 Å². The molecule has 4 rings (SSSR count). The summed E-state index contributed by atoms with van der Waals surface area (Å²) in [6.45, 7) is 2.13. The van der Waals surface area contributed by atoms with Gasteiger partial charge in [-0.3, -0.25) is 19.7 Å². The fraction of sp³-hybridized carbons (Fsp3) is 0.909. The molecule has 0 aromatic rings. The maximum absolute atomic E-state index is 12.9. The number of hydroxylamine groups is 1. The molecule has 0 spiro atoms. The van der Waals surface area contributed by atoms with Gasteiger partial charge in [0.25, 0.3) is 0 Å². The van der Waals surface area contributed by atoms with Gasteiger partial charge in [-0.05, 0) is 75.5 Å². The topological polar surface area (TPSA) is 88.7 Å². The minimum absolute atomic E-state index is 0.0433. The van der Waals surface area contributed by atoms with Gasteiger partial charge in [0.15, 0.2) is 0 Å². The number of rotatable bonds is 5. The second-order valence-corrected chi connectivity index (χ2v) is 9.55. The number of carbonyl (C=O) groups excluding carboxylic acids is 2. The van der Waals surface area contributed by atoms with Crippen LogP contribution >= 0.6 is 0 Å². The summed E-state index contributed by atoms with van der Waals surface area (Å²) in [4.78, 5) is 30.4. The lowest BCUT2D eigenvalue weighted by atomic mass is 9.73. The number of hydrogen-bond acceptors (Lipinski definition) is 6. The molecule has 1 saturated heterocycles. The van der Waals surface area contributed by atoms with Gasteiger partial charge >= 0.3 is 5.97 Å². The second kappa shape index (κ2) is 9.31. The van der Waals surface area contributed by atoms with Crippen molar-refractivity contribution in [3.8, 4) is 0 Å². The van der Waals surface area contributed by atoms with Crippen LogP contribution in [0.5, 0.6) is 0 Å². The molecule has 0 aromatic heterocycles. The van der Waals surface area contributed by atoms with E-state index in [1.165, 1.54) is 32.8 Å². The highest BCUT2D eigenvalue weighted by Crippen LogP contribution is 2.45. The molecule has 29 heavy (non-hydrogen) atoms. The summed E-state index contributed by atoms with van der Waals surface area (Å²) in [7, 11) is 1.44. The van der Waals surface area contributed by atoms with Crippen molar-refractivity contribution in [3.63, 3.8) is 0 Å².